The summed E-state index contributed by atoms with van der Waals surface area (Å²) in [5.41, 5.74) is 0. The van der Waals surface area contributed by atoms with Crippen molar-refractivity contribution < 1.29 is 13.9 Å². The molecule has 4 heteroatoms. The van der Waals surface area contributed by atoms with Gasteiger partial charge in [-0.05, 0) is 18.0 Å². The van der Waals surface area contributed by atoms with Gasteiger partial charge in [-0.3, -0.25) is 0 Å². The van der Waals surface area contributed by atoms with Gasteiger partial charge in [-0.15, -0.1) is 0 Å². The molecule has 1 N–H and O–H groups in total. The summed E-state index contributed by atoms with van der Waals surface area (Å²) in [6.45, 7) is 2.15. The molecule has 0 aromatic rings. The minimum Gasteiger partial charge on any atom is -0.385 e. The fourth-order valence-electron chi connectivity index (χ4n) is 1.46. The molecule has 1 unspecified atom stereocenters. The molecule has 0 saturated heterocycles. The van der Waals surface area contributed by atoms with Crippen LogP contribution < -0.4 is 0 Å². The van der Waals surface area contributed by atoms with Crippen LogP contribution in [0.1, 0.15) is 58.3 Å². The van der Waals surface area contributed by atoms with Gasteiger partial charge in [0, 0.05) is 0 Å². The first kappa shape index (κ1) is 15.1. The van der Waals surface area contributed by atoms with Crippen molar-refractivity contribution in [3.05, 3.63) is 0 Å². The Kier molecular flexibility index (Phi) is 8.34. The largest absolute Gasteiger partial charge is 0.385 e. The Balaban J connectivity index is 3.24. The summed E-state index contributed by atoms with van der Waals surface area (Å²) in [4.78, 5) is 0. The van der Waals surface area contributed by atoms with Crippen LogP contribution in [-0.2, 0) is 0 Å². The lowest BCUT2D eigenvalue weighted by Gasteiger charge is -2.15. The van der Waals surface area contributed by atoms with E-state index in [-0.39, 0.29) is 6.42 Å². The minimum absolute atomic E-state index is 0.0876. The Morgan fingerprint density at radius 3 is 2.00 bits per heavy atom. The van der Waals surface area contributed by atoms with Gasteiger partial charge in [0.25, 0.3) is 0 Å². The van der Waals surface area contributed by atoms with Crippen LogP contribution in [-0.4, -0.2) is 16.6 Å². The fraction of sp³-hybridized carbons (Fsp3) is 1.00. The summed E-state index contributed by atoms with van der Waals surface area (Å²) in [5.74, 6) is 0. The fourth-order valence-corrected chi connectivity index (χ4v) is 1.57. The van der Waals surface area contributed by atoms with Crippen LogP contribution >= 0.6 is 11.6 Å². The van der Waals surface area contributed by atoms with Gasteiger partial charge in [0.15, 0.2) is 0 Å². The molecule has 0 fully saturated rings. The van der Waals surface area contributed by atoms with E-state index >= 15 is 0 Å². The molecule has 0 aromatic heterocycles. The van der Waals surface area contributed by atoms with Crippen LogP contribution in [0.5, 0.6) is 0 Å². The first-order valence-corrected chi connectivity index (χ1v) is 6.11. The van der Waals surface area contributed by atoms with Crippen molar-refractivity contribution in [1.29, 1.82) is 0 Å². The summed E-state index contributed by atoms with van der Waals surface area (Å²) in [7, 11) is 0. The highest BCUT2D eigenvalue weighted by molar-refractivity contribution is 6.22. The quantitative estimate of drug-likeness (QED) is 0.472. The van der Waals surface area contributed by atoms with E-state index in [1.165, 1.54) is 19.3 Å². The highest BCUT2D eigenvalue weighted by Gasteiger charge is 2.34. The number of aliphatic hydroxyl groups is 1. The molecule has 0 aliphatic carbocycles. The Labute approximate surface area is 95.8 Å². The standard InChI is InChI=1S/C11H21ClF2O/c1-2-3-4-5-6-7-8-9-10(15)11(12,13)14/h10,15H,2-9H2,1H3. The Morgan fingerprint density at radius 1 is 1.07 bits per heavy atom. The summed E-state index contributed by atoms with van der Waals surface area (Å²) in [6, 6.07) is 0. The minimum atomic E-state index is -3.47. The van der Waals surface area contributed by atoms with E-state index in [2.05, 4.69) is 18.5 Å². The van der Waals surface area contributed by atoms with E-state index in [1.807, 2.05) is 0 Å². The van der Waals surface area contributed by atoms with E-state index in [0.717, 1.165) is 19.3 Å². The molecule has 0 heterocycles. The van der Waals surface area contributed by atoms with Crippen molar-refractivity contribution in [2.45, 2.75) is 69.8 Å². The number of rotatable bonds is 9. The zero-order chi connectivity index (χ0) is 11.7. The van der Waals surface area contributed by atoms with Gasteiger partial charge in [-0.1, -0.05) is 51.9 Å². The maximum atomic E-state index is 12.3. The number of hydrogen-bond acceptors (Lipinski definition) is 1. The van der Waals surface area contributed by atoms with Crippen LogP contribution in [0.25, 0.3) is 0 Å². The molecule has 15 heavy (non-hydrogen) atoms. The molecule has 0 aliphatic rings. The van der Waals surface area contributed by atoms with E-state index in [9.17, 15) is 8.78 Å². The van der Waals surface area contributed by atoms with Gasteiger partial charge in [0.05, 0.1) is 0 Å². The van der Waals surface area contributed by atoms with Crippen molar-refractivity contribution in [3.63, 3.8) is 0 Å². The van der Waals surface area contributed by atoms with Crippen molar-refractivity contribution in [1.82, 2.24) is 0 Å². The molecule has 0 saturated carbocycles. The van der Waals surface area contributed by atoms with Gasteiger partial charge < -0.3 is 5.11 Å². The Bertz CT molecular complexity index is 148. The molecule has 0 aliphatic heterocycles. The molecule has 0 amide bonds. The molecular formula is C11H21ClF2O. The summed E-state index contributed by atoms with van der Waals surface area (Å²) in [6.07, 6.45) is 5.77. The first-order chi connectivity index (χ1) is 6.98. The topological polar surface area (TPSA) is 20.2 Å². The second-order valence-electron chi connectivity index (χ2n) is 3.97. The molecule has 1 nitrogen and oxygen atoms in total. The Hall–Kier alpha value is 0.110. The van der Waals surface area contributed by atoms with E-state index in [4.69, 9.17) is 5.11 Å². The number of alkyl halides is 3. The smallest absolute Gasteiger partial charge is 0.347 e. The van der Waals surface area contributed by atoms with Crippen LogP contribution in [0.4, 0.5) is 8.78 Å². The second-order valence-corrected chi connectivity index (χ2v) is 4.47. The van der Waals surface area contributed by atoms with Gasteiger partial charge in [-0.25, -0.2) is 0 Å². The molecule has 0 bridgehead atoms. The molecule has 92 valence electrons. The number of unbranched alkanes of at least 4 members (excludes halogenated alkanes) is 6. The lowest BCUT2D eigenvalue weighted by molar-refractivity contribution is -0.0452. The van der Waals surface area contributed by atoms with Crippen molar-refractivity contribution in [2.75, 3.05) is 0 Å². The van der Waals surface area contributed by atoms with E-state index in [0.29, 0.717) is 6.42 Å². The van der Waals surface area contributed by atoms with Gasteiger partial charge >= 0.3 is 5.38 Å². The zero-order valence-electron chi connectivity index (χ0n) is 9.32. The first-order valence-electron chi connectivity index (χ1n) is 5.73. The monoisotopic (exact) mass is 242 g/mol. The number of hydrogen-bond donors (Lipinski definition) is 1. The Morgan fingerprint density at radius 2 is 1.53 bits per heavy atom. The molecular weight excluding hydrogens is 222 g/mol. The molecule has 1 atom stereocenters. The third kappa shape index (κ3) is 9.06. The van der Waals surface area contributed by atoms with Crippen molar-refractivity contribution in [2.24, 2.45) is 0 Å². The summed E-state index contributed by atoms with van der Waals surface area (Å²) >= 11 is 4.68. The lowest BCUT2D eigenvalue weighted by Crippen LogP contribution is -2.26. The third-order valence-electron chi connectivity index (χ3n) is 2.46. The highest BCUT2D eigenvalue weighted by atomic mass is 35.5. The highest BCUT2D eigenvalue weighted by Crippen LogP contribution is 2.26. The van der Waals surface area contributed by atoms with Crippen molar-refractivity contribution in [3.8, 4) is 0 Å². The van der Waals surface area contributed by atoms with E-state index in [1.54, 1.807) is 0 Å². The third-order valence-corrected chi connectivity index (χ3v) is 2.71. The zero-order valence-corrected chi connectivity index (χ0v) is 10.1. The number of halogens is 3. The summed E-state index contributed by atoms with van der Waals surface area (Å²) < 4.78 is 24.6. The maximum absolute atomic E-state index is 12.3. The molecule has 0 spiro atoms. The van der Waals surface area contributed by atoms with Crippen LogP contribution in [0.3, 0.4) is 0 Å². The second kappa shape index (κ2) is 8.28. The van der Waals surface area contributed by atoms with Gasteiger partial charge in [-0.2, -0.15) is 8.78 Å². The predicted octanol–water partition coefficient (Wildman–Crippen LogP) is 4.32. The average molecular weight is 243 g/mol. The SMILES string of the molecule is CCCCCCCCCC(O)C(F)(F)Cl. The van der Waals surface area contributed by atoms with Gasteiger partial charge in [0.1, 0.15) is 6.10 Å². The molecule has 0 rings (SSSR count). The predicted molar refractivity (Wildman–Crippen MR) is 59.4 cm³/mol. The average Bonchev–Trinajstić information content (AvgIpc) is 2.14. The van der Waals surface area contributed by atoms with Crippen LogP contribution in [0, 0.1) is 0 Å². The number of aliphatic hydroxyl groups excluding tert-OH is 1. The summed E-state index contributed by atoms with van der Waals surface area (Å²) in [5, 5.41) is 5.47. The van der Waals surface area contributed by atoms with Crippen LogP contribution in [0.15, 0.2) is 0 Å². The maximum Gasteiger partial charge on any atom is 0.347 e. The normalized spacial score (nSPS) is 14.2. The lowest BCUT2D eigenvalue weighted by atomic mass is 10.1. The van der Waals surface area contributed by atoms with E-state index < -0.39 is 11.5 Å². The molecule has 0 radical (unpaired) electrons. The van der Waals surface area contributed by atoms with Crippen LogP contribution in [0.2, 0.25) is 0 Å². The van der Waals surface area contributed by atoms with Gasteiger partial charge in [0.2, 0.25) is 0 Å². The van der Waals surface area contributed by atoms with Crippen molar-refractivity contribution >= 4 is 11.6 Å². The molecule has 0 aromatic carbocycles.